The van der Waals surface area contributed by atoms with E-state index < -0.39 is 18.0 Å². The summed E-state index contributed by atoms with van der Waals surface area (Å²) in [6.45, 7) is 4.43. The highest BCUT2D eigenvalue weighted by atomic mass is 19.4. The molecule has 0 amide bonds. The van der Waals surface area contributed by atoms with Crippen molar-refractivity contribution in [1.29, 1.82) is 0 Å². The number of anilines is 2. The van der Waals surface area contributed by atoms with Gasteiger partial charge in [-0.2, -0.15) is 18.2 Å². The molecule has 0 aliphatic carbocycles. The molecule has 1 aromatic heterocycles. The minimum absolute atomic E-state index is 0.152. The van der Waals surface area contributed by atoms with Crippen LogP contribution in [0.25, 0.3) is 0 Å². The van der Waals surface area contributed by atoms with Gasteiger partial charge >= 0.3 is 6.18 Å². The number of nitrogens with two attached hydrogens (primary N) is 1. The zero-order valence-electron chi connectivity index (χ0n) is 14.9. The monoisotopic (exact) mass is 381 g/mol. The summed E-state index contributed by atoms with van der Waals surface area (Å²) in [5.74, 6) is 0.840. The summed E-state index contributed by atoms with van der Waals surface area (Å²) in [4.78, 5) is 12.4. The molecule has 1 aliphatic rings. The van der Waals surface area contributed by atoms with Gasteiger partial charge in [-0.05, 0) is 24.6 Å². The van der Waals surface area contributed by atoms with Crippen LogP contribution >= 0.6 is 0 Å². The number of aliphatic hydroxyl groups is 1. The number of alkyl halides is 3. The third-order valence-corrected chi connectivity index (χ3v) is 4.68. The van der Waals surface area contributed by atoms with Crippen LogP contribution in [0.5, 0.6) is 0 Å². The molecule has 0 saturated carbocycles. The maximum absolute atomic E-state index is 12.7. The first-order chi connectivity index (χ1) is 12.7. The summed E-state index contributed by atoms with van der Waals surface area (Å²) in [7, 11) is 0. The topological polar surface area (TPSA) is 78.5 Å². The first-order valence-electron chi connectivity index (χ1n) is 8.68. The van der Waals surface area contributed by atoms with Crippen LogP contribution in [-0.4, -0.2) is 52.4 Å². The van der Waals surface area contributed by atoms with Crippen LogP contribution in [0.4, 0.5) is 24.9 Å². The Hall–Kier alpha value is -2.39. The molecule has 0 bridgehead atoms. The predicted octanol–water partition coefficient (Wildman–Crippen LogP) is 2.13. The number of aliphatic hydroxyl groups excluding tert-OH is 1. The average Bonchev–Trinajstić information content (AvgIpc) is 2.63. The zero-order valence-corrected chi connectivity index (χ0v) is 14.9. The fourth-order valence-electron chi connectivity index (χ4n) is 3.15. The van der Waals surface area contributed by atoms with Crippen LogP contribution in [0.2, 0.25) is 0 Å². The normalized spacial score (nSPS) is 17.1. The Balaban J connectivity index is 1.79. The molecule has 1 atom stereocenters. The maximum atomic E-state index is 12.7. The van der Waals surface area contributed by atoms with E-state index in [1.54, 1.807) is 13.1 Å². The summed E-state index contributed by atoms with van der Waals surface area (Å²) >= 11 is 0. The first kappa shape index (κ1) is 19.4. The molecule has 0 spiro atoms. The number of hydrogen-bond acceptors (Lipinski definition) is 6. The summed E-state index contributed by atoms with van der Waals surface area (Å²) < 4.78 is 38.2. The molecule has 1 aromatic carbocycles. The van der Waals surface area contributed by atoms with Crippen LogP contribution in [0.1, 0.15) is 23.6 Å². The Labute approximate surface area is 155 Å². The van der Waals surface area contributed by atoms with E-state index in [2.05, 4.69) is 14.9 Å². The second-order valence-electron chi connectivity index (χ2n) is 6.60. The third-order valence-electron chi connectivity index (χ3n) is 4.68. The number of benzene rings is 1. The van der Waals surface area contributed by atoms with Crippen molar-refractivity contribution in [3.63, 3.8) is 0 Å². The van der Waals surface area contributed by atoms with Gasteiger partial charge in [-0.3, -0.25) is 4.90 Å². The van der Waals surface area contributed by atoms with Crippen LogP contribution in [0, 0.1) is 0 Å². The standard InChI is InChI=1S/C18H22F3N5O/c1-12(27)25-6-8-26(9-7-25)16-14(11-23-17(22)24-16)10-13-2-4-15(5-3-13)18(19,20)21/h2-5,11-12,27H,6-10H2,1H3,(H2,22,23,24). The zero-order chi connectivity index (χ0) is 19.6. The molecule has 0 radical (unpaired) electrons. The lowest BCUT2D eigenvalue weighted by molar-refractivity contribution is -0.137. The molecule has 9 heteroatoms. The Morgan fingerprint density at radius 1 is 1.15 bits per heavy atom. The molecule has 146 valence electrons. The van der Waals surface area contributed by atoms with Gasteiger partial charge in [-0.25, -0.2) is 4.98 Å². The van der Waals surface area contributed by atoms with E-state index in [1.807, 2.05) is 4.90 Å². The van der Waals surface area contributed by atoms with E-state index in [9.17, 15) is 18.3 Å². The Kier molecular flexibility index (Phi) is 5.52. The lowest BCUT2D eigenvalue weighted by Crippen LogP contribution is -2.50. The van der Waals surface area contributed by atoms with Crippen molar-refractivity contribution < 1.29 is 18.3 Å². The summed E-state index contributed by atoms with van der Waals surface area (Å²) in [6, 6.07) is 5.09. The van der Waals surface area contributed by atoms with Crippen LogP contribution in [-0.2, 0) is 12.6 Å². The van der Waals surface area contributed by atoms with Gasteiger partial charge in [0.05, 0.1) is 5.56 Å². The molecule has 1 saturated heterocycles. The number of nitrogens with zero attached hydrogens (tertiary/aromatic N) is 4. The first-order valence-corrected chi connectivity index (χ1v) is 8.68. The van der Waals surface area contributed by atoms with E-state index in [0.29, 0.717) is 38.4 Å². The van der Waals surface area contributed by atoms with Gasteiger partial charge < -0.3 is 15.7 Å². The fraction of sp³-hybridized carbons (Fsp3) is 0.444. The van der Waals surface area contributed by atoms with Crippen molar-refractivity contribution in [2.75, 3.05) is 36.8 Å². The summed E-state index contributed by atoms with van der Waals surface area (Å²) in [6.07, 6.45) is -2.83. The number of halogens is 3. The van der Waals surface area contributed by atoms with Gasteiger partial charge in [-0.1, -0.05) is 12.1 Å². The summed E-state index contributed by atoms with van der Waals surface area (Å²) in [5, 5.41) is 9.69. The number of aromatic nitrogens is 2. The smallest absolute Gasteiger partial charge is 0.379 e. The van der Waals surface area contributed by atoms with Crippen molar-refractivity contribution in [3.8, 4) is 0 Å². The number of hydrogen-bond donors (Lipinski definition) is 2. The van der Waals surface area contributed by atoms with Crippen molar-refractivity contribution >= 4 is 11.8 Å². The van der Waals surface area contributed by atoms with E-state index in [0.717, 1.165) is 23.3 Å². The van der Waals surface area contributed by atoms with Gasteiger partial charge in [0.25, 0.3) is 0 Å². The number of rotatable bonds is 4. The molecule has 3 N–H and O–H groups in total. The van der Waals surface area contributed by atoms with Gasteiger partial charge in [-0.15, -0.1) is 0 Å². The second kappa shape index (κ2) is 7.69. The highest BCUT2D eigenvalue weighted by Crippen LogP contribution is 2.30. The van der Waals surface area contributed by atoms with Gasteiger partial charge in [0.2, 0.25) is 5.95 Å². The second-order valence-corrected chi connectivity index (χ2v) is 6.60. The predicted molar refractivity (Wildman–Crippen MR) is 96.2 cm³/mol. The minimum Gasteiger partial charge on any atom is -0.379 e. The molecular weight excluding hydrogens is 359 g/mol. The molecule has 2 heterocycles. The lowest BCUT2D eigenvalue weighted by Gasteiger charge is -2.37. The SMILES string of the molecule is CC(O)N1CCN(c2nc(N)ncc2Cc2ccc(C(F)(F)F)cc2)CC1. The minimum atomic E-state index is -4.35. The summed E-state index contributed by atoms with van der Waals surface area (Å²) in [5.41, 5.74) is 6.61. The molecule has 3 rings (SSSR count). The largest absolute Gasteiger partial charge is 0.416 e. The highest BCUT2D eigenvalue weighted by molar-refractivity contribution is 5.51. The Morgan fingerprint density at radius 2 is 1.78 bits per heavy atom. The van der Waals surface area contributed by atoms with E-state index in [-0.39, 0.29) is 5.95 Å². The fourth-order valence-corrected chi connectivity index (χ4v) is 3.15. The van der Waals surface area contributed by atoms with E-state index in [4.69, 9.17) is 5.73 Å². The van der Waals surface area contributed by atoms with Crippen LogP contribution in [0.15, 0.2) is 30.5 Å². The molecular formula is C18H22F3N5O. The van der Waals surface area contributed by atoms with E-state index >= 15 is 0 Å². The van der Waals surface area contributed by atoms with E-state index in [1.165, 1.54) is 12.1 Å². The average molecular weight is 381 g/mol. The molecule has 1 aliphatic heterocycles. The van der Waals surface area contributed by atoms with Crippen LogP contribution in [0.3, 0.4) is 0 Å². The van der Waals surface area contributed by atoms with Gasteiger partial charge in [0, 0.05) is 44.4 Å². The van der Waals surface area contributed by atoms with Crippen molar-refractivity contribution in [1.82, 2.24) is 14.9 Å². The van der Waals surface area contributed by atoms with Crippen LogP contribution < -0.4 is 10.6 Å². The number of nitrogen functional groups attached to an aromatic ring is 1. The Bertz CT molecular complexity index is 772. The van der Waals surface area contributed by atoms with Gasteiger partial charge in [0.1, 0.15) is 12.0 Å². The molecule has 6 nitrogen and oxygen atoms in total. The lowest BCUT2D eigenvalue weighted by atomic mass is 10.0. The van der Waals surface area contributed by atoms with Crippen molar-refractivity contribution in [2.45, 2.75) is 25.7 Å². The quantitative estimate of drug-likeness (QED) is 0.845. The van der Waals surface area contributed by atoms with Crippen molar-refractivity contribution in [2.24, 2.45) is 0 Å². The molecule has 2 aromatic rings. The van der Waals surface area contributed by atoms with Crippen molar-refractivity contribution in [3.05, 3.63) is 47.2 Å². The third kappa shape index (κ3) is 4.67. The molecule has 27 heavy (non-hydrogen) atoms. The molecule has 1 fully saturated rings. The maximum Gasteiger partial charge on any atom is 0.416 e. The highest BCUT2D eigenvalue weighted by Gasteiger charge is 2.30. The van der Waals surface area contributed by atoms with Gasteiger partial charge in [0.15, 0.2) is 0 Å². The Morgan fingerprint density at radius 3 is 2.33 bits per heavy atom. The number of piperazine rings is 1. The molecule has 1 unspecified atom stereocenters.